The van der Waals surface area contributed by atoms with Crippen LogP contribution in [0.5, 0.6) is 0 Å². The number of morpholine rings is 1. The number of nitrogens with zero attached hydrogens (tertiary/aromatic N) is 4. The van der Waals surface area contributed by atoms with Crippen LogP contribution < -0.4 is 4.90 Å². The maximum Gasteiger partial charge on any atom is 0.253 e. The Kier molecular flexibility index (Phi) is 4.03. The Bertz CT molecular complexity index is 886. The summed E-state index contributed by atoms with van der Waals surface area (Å²) in [4.78, 5) is 18.5. The van der Waals surface area contributed by atoms with Crippen molar-refractivity contribution >= 4 is 33.1 Å². The van der Waals surface area contributed by atoms with Crippen LogP contribution >= 0.6 is 11.3 Å². The van der Waals surface area contributed by atoms with Gasteiger partial charge >= 0.3 is 0 Å². The SMILES string of the molecule is CCCn1cc(-c2nc3ccc(N4CCOCC4=O)cc3s2)cn1. The van der Waals surface area contributed by atoms with E-state index in [2.05, 4.69) is 12.0 Å². The van der Waals surface area contributed by atoms with Gasteiger partial charge in [0.2, 0.25) is 0 Å². The predicted octanol–water partition coefficient (Wildman–Crippen LogP) is 2.93. The molecule has 0 spiro atoms. The summed E-state index contributed by atoms with van der Waals surface area (Å²) < 4.78 is 8.21. The fourth-order valence-electron chi connectivity index (χ4n) is 2.82. The van der Waals surface area contributed by atoms with Crippen LogP contribution in [0.15, 0.2) is 30.6 Å². The first-order chi connectivity index (χ1) is 11.7. The molecule has 1 fully saturated rings. The molecule has 2 aromatic heterocycles. The molecular formula is C17H18N4O2S. The number of hydrogen-bond donors (Lipinski definition) is 0. The van der Waals surface area contributed by atoms with Gasteiger partial charge in [0.05, 0.1) is 23.0 Å². The number of benzene rings is 1. The standard InChI is InChI=1S/C17H18N4O2S/c1-2-5-20-10-12(9-18-20)17-19-14-4-3-13(8-15(14)24-17)21-6-7-23-11-16(21)22/h3-4,8-10H,2,5-7,11H2,1H3. The van der Waals surface area contributed by atoms with Gasteiger partial charge in [-0.3, -0.25) is 9.48 Å². The highest BCUT2D eigenvalue weighted by Crippen LogP contribution is 2.32. The molecule has 0 N–H and O–H groups in total. The molecule has 0 aliphatic carbocycles. The minimum absolute atomic E-state index is 0.00572. The van der Waals surface area contributed by atoms with Crippen LogP contribution in [0.25, 0.3) is 20.8 Å². The van der Waals surface area contributed by atoms with E-state index in [4.69, 9.17) is 9.72 Å². The molecule has 4 rings (SSSR count). The van der Waals surface area contributed by atoms with Crippen molar-refractivity contribution in [3.05, 3.63) is 30.6 Å². The van der Waals surface area contributed by atoms with Crippen molar-refractivity contribution in [2.75, 3.05) is 24.7 Å². The Morgan fingerprint density at radius 2 is 2.29 bits per heavy atom. The number of fused-ring (bicyclic) bond motifs is 1. The highest BCUT2D eigenvalue weighted by atomic mass is 32.1. The Morgan fingerprint density at radius 3 is 3.12 bits per heavy atom. The van der Waals surface area contributed by atoms with Gasteiger partial charge in [0, 0.05) is 30.5 Å². The zero-order valence-electron chi connectivity index (χ0n) is 13.4. The summed E-state index contributed by atoms with van der Waals surface area (Å²) in [5, 5.41) is 5.33. The van der Waals surface area contributed by atoms with E-state index in [0.29, 0.717) is 13.2 Å². The van der Waals surface area contributed by atoms with Crippen LogP contribution in [0.3, 0.4) is 0 Å². The molecular weight excluding hydrogens is 324 g/mol. The molecule has 0 unspecified atom stereocenters. The highest BCUT2D eigenvalue weighted by molar-refractivity contribution is 7.21. The van der Waals surface area contributed by atoms with Crippen molar-refractivity contribution < 1.29 is 9.53 Å². The smallest absolute Gasteiger partial charge is 0.253 e. The normalized spacial score (nSPS) is 15.4. The molecule has 3 aromatic rings. The Labute approximate surface area is 143 Å². The summed E-state index contributed by atoms with van der Waals surface area (Å²) in [7, 11) is 0. The molecule has 0 saturated carbocycles. The van der Waals surface area contributed by atoms with Crippen molar-refractivity contribution in [2.45, 2.75) is 19.9 Å². The van der Waals surface area contributed by atoms with Gasteiger partial charge in [-0.05, 0) is 24.6 Å². The van der Waals surface area contributed by atoms with Gasteiger partial charge in [0.15, 0.2) is 0 Å². The van der Waals surface area contributed by atoms with Crippen molar-refractivity contribution in [3.8, 4) is 10.6 Å². The topological polar surface area (TPSA) is 60.2 Å². The lowest BCUT2D eigenvalue weighted by Gasteiger charge is -2.26. The molecule has 7 heteroatoms. The summed E-state index contributed by atoms with van der Waals surface area (Å²) in [5.41, 5.74) is 2.89. The van der Waals surface area contributed by atoms with Gasteiger partial charge < -0.3 is 9.64 Å². The number of carbonyl (C=O) groups excluding carboxylic acids is 1. The number of amides is 1. The van der Waals surface area contributed by atoms with E-state index in [-0.39, 0.29) is 12.5 Å². The van der Waals surface area contributed by atoms with E-state index in [1.807, 2.05) is 35.3 Å². The van der Waals surface area contributed by atoms with Crippen molar-refractivity contribution in [1.29, 1.82) is 0 Å². The van der Waals surface area contributed by atoms with Gasteiger partial charge in [-0.2, -0.15) is 5.10 Å². The van der Waals surface area contributed by atoms with E-state index in [9.17, 15) is 4.79 Å². The molecule has 0 bridgehead atoms. The average Bonchev–Trinajstić information content (AvgIpc) is 3.21. The average molecular weight is 342 g/mol. The molecule has 0 atom stereocenters. The first kappa shape index (κ1) is 15.3. The molecule has 1 saturated heterocycles. The zero-order valence-corrected chi connectivity index (χ0v) is 14.3. The van der Waals surface area contributed by atoms with Crippen LogP contribution in [0.4, 0.5) is 5.69 Å². The zero-order chi connectivity index (χ0) is 16.5. The highest BCUT2D eigenvalue weighted by Gasteiger charge is 2.21. The third kappa shape index (κ3) is 2.81. The number of aromatic nitrogens is 3. The Balaban J connectivity index is 1.66. The number of ether oxygens (including phenoxy) is 1. The lowest BCUT2D eigenvalue weighted by Crippen LogP contribution is -2.41. The molecule has 24 heavy (non-hydrogen) atoms. The van der Waals surface area contributed by atoms with Gasteiger partial charge in [0.25, 0.3) is 5.91 Å². The fourth-order valence-corrected chi connectivity index (χ4v) is 3.79. The van der Waals surface area contributed by atoms with Gasteiger partial charge in [-0.25, -0.2) is 4.98 Å². The number of rotatable bonds is 4. The van der Waals surface area contributed by atoms with Gasteiger partial charge in [0.1, 0.15) is 11.6 Å². The van der Waals surface area contributed by atoms with E-state index >= 15 is 0 Å². The van der Waals surface area contributed by atoms with E-state index in [1.165, 1.54) is 0 Å². The molecule has 3 heterocycles. The van der Waals surface area contributed by atoms with Crippen LogP contribution in [0, 0.1) is 0 Å². The van der Waals surface area contributed by atoms with Crippen LogP contribution in [-0.4, -0.2) is 40.4 Å². The van der Waals surface area contributed by atoms with E-state index < -0.39 is 0 Å². The van der Waals surface area contributed by atoms with E-state index in [0.717, 1.165) is 39.4 Å². The monoisotopic (exact) mass is 342 g/mol. The first-order valence-corrected chi connectivity index (χ1v) is 8.88. The number of aryl methyl sites for hydroxylation is 1. The Hall–Kier alpha value is -2.25. The van der Waals surface area contributed by atoms with Gasteiger partial charge in [-0.1, -0.05) is 6.92 Å². The molecule has 1 aliphatic heterocycles. The number of thiazole rings is 1. The van der Waals surface area contributed by atoms with Crippen LogP contribution in [0.1, 0.15) is 13.3 Å². The minimum Gasteiger partial charge on any atom is -0.370 e. The third-order valence-corrected chi connectivity index (χ3v) is 5.07. The predicted molar refractivity (Wildman–Crippen MR) is 94.3 cm³/mol. The maximum absolute atomic E-state index is 12.0. The summed E-state index contributed by atoms with van der Waals surface area (Å²) in [6.45, 7) is 4.37. The second-order valence-electron chi connectivity index (χ2n) is 5.76. The number of hydrogen-bond acceptors (Lipinski definition) is 5. The van der Waals surface area contributed by atoms with Crippen LogP contribution in [-0.2, 0) is 16.1 Å². The molecule has 0 radical (unpaired) electrons. The lowest BCUT2D eigenvalue weighted by atomic mass is 10.2. The van der Waals surface area contributed by atoms with Crippen molar-refractivity contribution in [2.24, 2.45) is 0 Å². The Morgan fingerprint density at radius 1 is 1.38 bits per heavy atom. The molecule has 1 aliphatic rings. The largest absolute Gasteiger partial charge is 0.370 e. The third-order valence-electron chi connectivity index (χ3n) is 4.00. The van der Waals surface area contributed by atoms with E-state index in [1.54, 1.807) is 16.2 Å². The summed E-state index contributed by atoms with van der Waals surface area (Å²) >= 11 is 1.63. The molecule has 1 amide bonds. The molecule has 6 nitrogen and oxygen atoms in total. The summed E-state index contributed by atoms with van der Waals surface area (Å²) in [5.74, 6) is 0.00572. The quantitative estimate of drug-likeness (QED) is 0.731. The van der Waals surface area contributed by atoms with Crippen molar-refractivity contribution in [3.63, 3.8) is 0 Å². The molecule has 124 valence electrons. The number of carbonyl (C=O) groups is 1. The summed E-state index contributed by atoms with van der Waals surface area (Å²) in [6, 6.07) is 5.97. The second kappa shape index (κ2) is 6.33. The van der Waals surface area contributed by atoms with Gasteiger partial charge in [-0.15, -0.1) is 11.3 Å². The summed E-state index contributed by atoms with van der Waals surface area (Å²) in [6.07, 6.45) is 4.95. The van der Waals surface area contributed by atoms with Crippen molar-refractivity contribution in [1.82, 2.24) is 14.8 Å². The first-order valence-electron chi connectivity index (χ1n) is 8.06. The number of anilines is 1. The van der Waals surface area contributed by atoms with Crippen LogP contribution in [0.2, 0.25) is 0 Å². The minimum atomic E-state index is 0.00572. The molecule has 1 aromatic carbocycles. The lowest BCUT2D eigenvalue weighted by molar-refractivity contribution is -0.125. The second-order valence-corrected chi connectivity index (χ2v) is 6.79. The maximum atomic E-state index is 12.0. The fraction of sp³-hybridized carbons (Fsp3) is 0.353.